The van der Waals surface area contributed by atoms with Gasteiger partial charge in [0.2, 0.25) is 0 Å². The Bertz CT molecular complexity index is 1630. The van der Waals surface area contributed by atoms with Gasteiger partial charge in [0, 0.05) is 75.3 Å². The molecule has 11 nitrogen and oxygen atoms in total. The number of anilines is 2. The highest BCUT2D eigenvalue weighted by Gasteiger charge is 2.43. The predicted octanol–water partition coefficient (Wildman–Crippen LogP) is 5.17. The van der Waals surface area contributed by atoms with Crippen molar-refractivity contribution in [2.24, 2.45) is 5.92 Å². The SMILES string of the molecule is Nc1c(C(F)(F)F)cc(C[C@@H](OC(=O)N2CCC(N3Cc4cscc4NC3=O)CC2)C(=O)N2CCN(C3CN4CCC3CC4)CC2)cc1C(F)(F)F. The first-order chi connectivity index (χ1) is 24.7. The van der Waals surface area contributed by atoms with Crippen LogP contribution in [0.1, 0.15) is 47.9 Å². The highest BCUT2D eigenvalue weighted by molar-refractivity contribution is 7.08. The normalized spacial score (nSPS) is 25.2. The number of alkyl halides is 6. The summed E-state index contributed by atoms with van der Waals surface area (Å²) in [6.07, 6.45) is -10.7. The number of nitrogen functional groups attached to an aromatic ring is 1. The number of piperazine rings is 1. The quantitative estimate of drug-likeness (QED) is 0.309. The summed E-state index contributed by atoms with van der Waals surface area (Å²) < 4.78 is 89.0. The van der Waals surface area contributed by atoms with E-state index in [4.69, 9.17) is 10.5 Å². The van der Waals surface area contributed by atoms with Gasteiger partial charge in [0.15, 0.2) is 6.10 Å². The molecule has 52 heavy (non-hydrogen) atoms. The van der Waals surface area contributed by atoms with E-state index in [1.807, 2.05) is 10.8 Å². The summed E-state index contributed by atoms with van der Waals surface area (Å²) in [6, 6.07) is 0.899. The van der Waals surface area contributed by atoms with Crippen molar-refractivity contribution < 1.29 is 45.5 Å². The van der Waals surface area contributed by atoms with E-state index in [0.29, 0.717) is 56.6 Å². The number of benzene rings is 1. The van der Waals surface area contributed by atoms with E-state index in [9.17, 15) is 40.7 Å². The van der Waals surface area contributed by atoms with Gasteiger partial charge in [0.05, 0.1) is 29.0 Å². The average molecular weight is 758 g/mol. The lowest BCUT2D eigenvalue weighted by molar-refractivity contribution is -0.143. The molecule has 0 spiro atoms. The fourth-order valence-corrected chi connectivity index (χ4v) is 9.15. The van der Waals surface area contributed by atoms with E-state index in [2.05, 4.69) is 15.1 Å². The molecule has 6 aliphatic heterocycles. The minimum Gasteiger partial charge on any atom is -0.436 e. The Kier molecular flexibility index (Phi) is 10.0. The Morgan fingerprint density at radius 3 is 2.10 bits per heavy atom. The van der Waals surface area contributed by atoms with Crippen molar-refractivity contribution in [3.05, 3.63) is 45.1 Å². The summed E-state index contributed by atoms with van der Waals surface area (Å²) in [5.74, 6) is -0.119. The molecule has 3 N–H and O–H groups in total. The molecule has 18 heteroatoms. The number of fused-ring (bicyclic) bond motifs is 4. The van der Waals surface area contributed by atoms with E-state index < -0.39 is 59.3 Å². The lowest BCUT2D eigenvalue weighted by atomic mass is 9.83. The van der Waals surface area contributed by atoms with Gasteiger partial charge in [0.1, 0.15) is 0 Å². The van der Waals surface area contributed by atoms with Crippen LogP contribution in [0.25, 0.3) is 0 Å². The monoisotopic (exact) mass is 757 g/mol. The van der Waals surface area contributed by atoms with Crippen LogP contribution >= 0.6 is 11.3 Å². The number of nitrogens with one attached hydrogen (secondary N) is 1. The van der Waals surface area contributed by atoms with Gasteiger partial charge < -0.3 is 35.4 Å². The third-order valence-corrected chi connectivity index (χ3v) is 12.0. The highest BCUT2D eigenvalue weighted by atomic mass is 32.1. The maximum Gasteiger partial charge on any atom is 0.418 e. The second kappa shape index (κ2) is 14.2. The number of piperidine rings is 4. The van der Waals surface area contributed by atoms with Crippen LogP contribution in [0.3, 0.4) is 0 Å². The second-order valence-corrected chi connectivity index (χ2v) is 15.1. The molecule has 1 aromatic heterocycles. The topological polar surface area (TPSA) is 115 Å². The van der Waals surface area contributed by atoms with Crippen LogP contribution in [0.15, 0.2) is 22.9 Å². The van der Waals surface area contributed by atoms with Crippen molar-refractivity contribution in [1.29, 1.82) is 0 Å². The van der Waals surface area contributed by atoms with Crippen LogP contribution in [0.5, 0.6) is 0 Å². The van der Waals surface area contributed by atoms with Crippen LogP contribution in [0.2, 0.25) is 0 Å². The third kappa shape index (κ3) is 7.51. The molecule has 8 rings (SSSR count). The molecule has 5 fully saturated rings. The number of nitrogens with zero attached hydrogens (tertiary/aromatic N) is 5. The number of nitrogens with two attached hydrogens (primary N) is 1. The smallest absolute Gasteiger partial charge is 0.418 e. The lowest BCUT2D eigenvalue weighted by Crippen LogP contribution is -2.62. The van der Waals surface area contributed by atoms with E-state index in [1.54, 1.807) is 4.90 Å². The van der Waals surface area contributed by atoms with Crippen molar-refractivity contribution in [3.63, 3.8) is 0 Å². The molecule has 2 aromatic rings. The molecular formula is C34H41F6N7O4S. The average Bonchev–Trinajstić information content (AvgIpc) is 3.58. The molecule has 0 radical (unpaired) electrons. The maximum absolute atomic E-state index is 14.0. The number of thiophene rings is 1. The predicted molar refractivity (Wildman–Crippen MR) is 179 cm³/mol. The molecule has 1 aromatic carbocycles. The number of likely N-dealkylation sites (tertiary alicyclic amines) is 1. The molecule has 6 aliphatic rings. The number of rotatable bonds is 6. The Hall–Kier alpha value is -3.77. The van der Waals surface area contributed by atoms with Crippen LogP contribution in [0.4, 0.5) is 47.3 Å². The summed E-state index contributed by atoms with van der Waals surface area (Å²) in [5, 5.41) is 6.68. The maximum atomic E-state index is 14.0. The Balaban J connectivity index is 1.06. The van der Waals surface area contributed by atoms with E-state index in [0.717, 1.165) is 43.7 Å². The van der Waals surface area contributed by atoms with Crippen molar-refractivity contribution in [1.82, 2.24) is 24.5 Å². The largest absolute Gasteiger partial charge is 0.436 e. The highest BCUT2D eigenvalue weighted by Crippen LogP contribution is 2.42. The Morgan fingerprint density at radius 2 is 1.52 bits per heavy atom. The van der Waals surface area contributed by atoms with Crippen LogP contribution in [-0.2, 0) is 34.8 Å². The van der Waals surface area contributed by atoms with Gasteiger partial charge in [-0.15, -0.1) is 11.3 Å². The fourth-order valence-electron chi connectivity index (χ4n) is 8.37. The van der Waals surface area contributed by atoms with Crippen LogP contribution < -0.4 is 11.1 Å². The molecular weight excluding hydrogens is 716 g/mol. The minimum atomic E-state index is -5.21. The first-order valence-electron chi connectivity index (χ1n) is 17.6. The zero-order valence-corrected chi connectivity index (χ0v) is 29.2. The number of halogens is 6. The summed E-state index contributed by atoms with van der Waals surface area (Å²) in [6.45, 7) is 5.49. The molecule has 0 saturated carbocycles. The number of urea groups is 1. The molecule has 4 amide bonds. The lowest BCUT2D eigenvalue weighted by Gasteiger charge is -2.51. The van der Waals surface area contributed by atoms with Crippen molar-refractivity contribution in [3.8, 4) is 0 Å². The van der Waals surface area contributed by atoms with Crippen LogP contribution in [-0.4, -0.2) is 120 Å². The number of hydrogen-bond donors (Lipinski definition) is 2. The third-order valence-electron chi connectivity index (χ3n) is 11.3. The minimum absolute atomic E-state index is 0.168. The molecule has 5 saturated heterocycles. The summed E-state index contributed by atoms with van der Waals surface area (Å²) in [5.41, 5.74) is 1.80. The van der Waals surface area contributed by atoms with Gasteiger partial charge in [-0.2, -0.15) is 26.3 Å². The molecule has 2 atom stereocenters. The van der Waals surface area contributed by atoms with Gasteiger partial charge in [-0.3, -0.25) is 9.69 Å². The Labute approximate surface area is 300 Å². The summed E-state index contributed by atoms with van der Waals surface area (Å²) in [4.78, 5) is 49.6. The standard InChI is InChI=1S/C34H41F6N7O4S/c35-33(36,37)24-13-20(14-25(29(24)41)34(38,39)40)15-28(30(48)45-11-9-44(10-12-45)27-17-43-5-1-21(27)2-6-43)51-32(50)46-7-3-23(4-8-46)47-16-22-18-52-19-26(22)42-31(47)49/h13-14,18-19,21,23,27-28H,1-12,15-17,41H2,(H,42,49)/t27?,28-/m1/s1. The summed E-state index contributed by atoms with van der Waals surface area (Å²) >= 11 is 1.48. The molecule has 284 valence electrons. The van der Waals surface area contributed by atoms with Crippen LogP contribution in [0, 0.1) is 5.92 Å². The van der Waals surface area contributed by atoms with E-state index >= 15 is 0 Å². The Morgan fingerprint density at radius 1 is 0.885 bits per heavy atom. The van der Waals surface area contributed by atoms with Gasteiger partial charge >= 0.3 is 24.5 Å². The van der Waals surface area contributed by atoms with Gasteiger partial charge in [-0.05, 0) is 67.8 Å². The number of hydrogen-bond acceptors (Lipinski definition) is 8. The first-order valence-corrected chi connectivity index (χ1v) is 18.5. The summed E-state index contributed by atoms with van der Waals surface area (Å²) in [7, 11) is 0. The molecule has 7 heterocycles. The van der Waals surface area contributed by atoms with Gasteiger partial charge in [0.25, 0.3) is 5.91 Å². The van der Waals surface area contributed by atoms with Crippen molar-refractivity contribution in [2.45, 2.75) is 69.2 Å². The van der Waals surface area contributed by atoms with Gasteiger partial charge in [-0.25, -0.2) is 9.59 Å². The van der Waals surface area contributed by atoms with E-state index in [1.165, 1.54) is 21.1 Å². The first kappa shape index (κ1) is 36.6. The number of carbonyl (C=O) groups is 3. The number of amides is 4. The zero-order chi connectivity index (χ0) is 36.9. The number of ether oxygens (including phenoxy) is 1. The molecule has 0 aliphatic carbocycles. The molecule has 2 bridgehead atoms. The van der Waals surface area contributed by atoms with Gasteiger partial charge in [-0.1, -0.05) is 0 Å². The number of carbonyl (C=O) groups excluding carboxylic acids is 3. The fraction of sp³-hybridized carbons (Fsp3) is 0.618. The zero-order valence-electron chi connectivity index (χ0n) is 28.3. The molecule has 1 unspecified atom stereocenters. The second-order valence-electron chi connectivity index (χ2n) is 14.3. The van der Waals surface area contributed by atoms with E-state index in [-0.39, 0.29) is 38.3 Å². The van der Waals surface area contributed by atoms with Crippen molar-refractivity contribution in [2.75, 3.05) is 70.0 Å². The van der Waals surface area contributed by atoms with Crippen molar-refractivity contribution >= 4 is 40.7 Å².